The standard InChI is InChI=1S/C23H24Cl2FN3O3/c1-27-6-7-29(23(27)31)14-2-3-19(26)21(10-14)32-22-17-8-13(24)9-18(25)16(17)11-20(22)28-5-4-15(30)12-28/h2-3,8-10,15,20,22,30H,4-7,11-12H2,1H3/t15-,20-,22+/m1/s1. The van der Waals surface area contributed by atoms with Gasteiger partial charge in [-0.3, -0.25) is 9.80 Å². The number of anilines is 1. The highest BCUT2D eigenvalue weighted by Gasteiger charge is 2.42. The van der Waals surface area contributed by atoms with Crippen LogP contribution in [0.1, 0.15) is 23.7 Å². The van der Waals surface area contributed by atoms with E-state index in [1.54, 1.807) is 35.0 Å². The number of carbonyl (C=O) groups excluding carboxylic acids is 1. The number of urea groups is 1. The number of halogens is 3. The van der Waals surface area contributed by atoms with Crippen molar-refractivity contribution in [3.8, 4) is 5.75 Å². The first-order chi connectivity index (χ1) is 15.3. The number of hydrogen-bond acceptors (Lipinski definition) is 4. The minimum Gasteiger partial charge on any atom is -0.481 e. The molecular formula is C23H24Cl2FN3O3. The molecule has 2 aromatic rings. The summed E-state index contributed by atoms with van der Waals surface area (Å²) in [6.45, 7) is 2.40. The van der Waals surface area contributed by atoms with Crippen LogP contribution >= 0.6 is 23.2 Å². The zero-order valence-electron chi connectivity index (χ0n) is 17.6. The van der Waals surface area contributed by atoms with Gasteiger partial charge in [0, 0.05) is 60.6 Å². The fourth-order valence-corrected chi connectivity index (χ4v) is 5.51. The minimum absolute atomic E-state index is 0.0727. The third-order valence-electron chi connectivity index (χ3n) is 6.62. The highest BCUT2D eigenvalue weighted by atomic mass is 35.5. The maximum Gasteiger partial charge on any atom is 0.324 e. The second kappa shape index (κ2) is 8.37. The maximum atomic E-state index is 14.8. The molecule has 2 heterocycles. The highest BCUT2D eigenvalue weighted by molar-refractivity contribution is 6.35. The number of aliphatic hydroxyl groups excluding tert-OH is 1. The van der Waals surface area contributed by atoms with Crippen molar-refractivity contribution in [3.63, 3.8) is 0 Å². The first-order valence-corrected chi connectivity index (χ1v) is 11.5. The zero-order chi connectivity index (χ0) is 22.6. The molecule has 0 radical (unpaired) electrons. The monoisotopic (exact) mass is 479 g/mol. The molecule has 1 aliphatic carbocycles. The summed E-state index contributed by atoms with van der Waals surface area (Å²) >= 11 is 12.8. The quantitative estimate of drug-likeness (QED) is 0.716. The summed E-state index contributed by atoms with van der Waals surface area (Å²) < 4.78 is 21.1. The number of aliphatic hydroxyl groups is 1. The fraction of sp³-hybridized carbons (Fsp3) is 0.435. The Bertz CT molecular complexity index is 1070. The topological polar surface area (TPSA) is 56.3 Å². The van der Waals surface area contributed by atoms with E-state index in [0.29, 0.717) is 48.2 Å². The fourth-order valence-electron chi connectivity index (χ4n) is 4.92. The Hall–Kier alpha value is -2.06. The van der Waals surface area contributed by atoms with Crippen molar-refractivity contribution in [3.05, 3.63) is 57.3 Å². The number of hydrogen-bond donors (Lipinski definition) is 1. The number of rotatable bonds is 4. The number of β-amino-alcohol motifs (C(OH)–C–C–N with tert-alkyl or cyclic N) is 1. The Morgan fingerprint density at radius 2 is 1.97 bits per heavy atom. The first kappa shape index (κ1) is 21.8. The molecule has 32 heavy (non-hydrogen) atoms. The van der Waals surface area contributed by atoms with Gasteiger partial charge in [-0.15, -0.1) is 0 Å². The number of nitrogens with zero attached hydrogens (tertiary/aromatic N) is 3. The lowest BCUT2D eigenvalue weighted by Gasteiger charge is -2.30. The number of likely N-dealkylation sites (N-methyl/N-ethyl adjacent to an activating group) is 1. The van der Waals surface area contributed by atoms with E-state index in [0.717, 1.165) is 17.7 Å². The molecule has 2 amide bonds. The number of benzene rings is 2. The lowest BCUT2D eigenvalue weighted by Crippen LogP contribution is -2.39. The van der Waals surface area contributed by atoms with E-state index >= 15 is 0 Å². The van der Waals surface area contributed by atoms with Crippen LogP contribution in [-0.2, 0) is 6.42 Å². The molecule has 2 fully saturated rings. The van der Waals surface area contributed by atoms with Crippen LogP contribution in [0.4, 0.5) is 14.9 Å². The van der Waals surface area contributed by atoms with Gasteiger partial charge in [-0.25, -0.2) is 9.18 Å². The number of amides is 2. The van der Waals surface area contributed by atoms with Crippen LogP contribution in [0.2, 0.25) is 10.0 Å². The summed E-state index contributed by atoms with van der Waals surface area (Å²) in [6, 6.07) is 7.77. The maximum absolute atomic E-state index is 14.8. The first-order valence-electron chi connectivity index (χ1n) is 10.7. The van der Waals surface area contributed by atoms with Gasteiger partial charge >= 0.3 is 6.03 Å². The summed E-state index contributed by atoms with van der Waals surface area (Å²) in [5, 5.41) is 11.1. The van der Waals surface area contributed by atoms with Gasteiger partial charge in [0.15, 0.2) is 11.6 Å². The van der Waals surface area contributed by atoms with E-state index in [9.17, 15) is 14.3 Å². The van der Waals surface area contributed by atoms with Gasteiger partial charge < -0.3 is 14.7 Å². The molecule has 9 heteroatoms. The molecule has 2 saturated heterocycles. The van der Waals surface area contributed by atoms with Crippen LogP contribution in [0, 0.1) is 5.82 Å². The molecule has 5 rings (SSSR count). The Kier molecular flexibility index (Phi) is 5.70. The van der Waals surface area contributed by atoms with Crippen LogP contribution in [0.15, 0.2) is 30.3 Å². The Labute approximate surface area is 196 Å². The third kappa shape index (κ3) is 3.81. The Balaban J connectivity index is 1.50. The molecule has 0 aromatic heterocycles. The smallest absolute Gasteiger partial charge is 0.324 e. The van der Waals surface area contributed by atoms with Crippen molar-refractivity contribution in [2.24, 2.45) is 0 Å². The molecule has 0 unspecified atom stereocenters. The van der Waals surface area contributed by atoms with Crippen LogP contribution in [-0.4, -0.2) is 66.3 Å². The Morgan fingerprint density at radius 3 is 2.66 bits per heavy atom. The second-order valence-electron chi connectivity index (χ2n) is 8.67. The molecular weight excluding hydrogens is 456 g/mol. The van der Waals surface area contributed by atoms with Gasteiger partial charge in [0.1, 0.15) is 6.10 Å². The normalized spacial score (nSPS) is 25.7. The Morgan fingerprint density at radius 1 is 1.16 bits per heavy atom. The molecule has 170 valence electrons. The molecule has 2 aliphatic heterocycles. The number of fused-ring (bicyclic) bond motifs is 1. The third-order valence-corrected chi connectivity index (χ3v) is 7.18. The summed E-state index contributed by atoms with van der Waals surface area (Å²) in [7, 11) is 1.74. The van der Waals surface area contributed by atoms with Gasteiger partial charge in [-0.2, -0.15) is 0 Å². The molecule has 6 nitrogen and oxygen atoms in total. The molecule has 0 bridgehead atoms. The predicted octanol–water partition coefficient (Wildman–Crippen LogP) is 4.12. The predicted molar refractivity (Wildman–Crippen MR) is 121 cm³/mol. The minimum atomic E-state index is -0.506. The van der Waals surface area contributed by atoms with Gasteiger partial charge in [0.2, 0.25) is 0 Å². The van der Waals surface area contributed by atoms with Crippen molar-refractivity contribution in [1.82, 2.24) is 9.80 Å². The summed E-state index contributed by atoms with van der Waals surface area (Å²) in [6.07, 6.45) is 0.409. The lowest BCUT2D eigenvalue weighted by atomic mass is 10.1. The van der Waals surface area contributed by atoms with E-state index in [-0.39, 0.29) is 17.8 Å². The number of carbonyl (C=O) groups is 1. The van der Waals surface area contributed by atoms with Gasteiger partial charge in [0.25, 0.3) is 0 Å². The zero-order valence-corrected chi connectivity index (χ0v) is 19.1. The SMILES string of the molecule is CN1CCN(c2ccc(F)c(O[C@H]3c4cc(Cl)cc(Cl)c4C[C@H]3N3CC[C@@H](O)C3)c2)C1=O. The van der Waals surface area contributed by atoms with Crippen molar-refractivity contribution < 1.29 is 19.0 Å². The van der Waals surface area contributed by atoms with Gasteiger partial charge in [0.05, 0.1) is 12.1 Å². The second-order valence-corrected chi connectivity index (χ2v) is 9.52. The summed E-state index contributed by atoms with van der Waals surface area (Å²) in [5.41, 5.74) is 2.35. The highest BCUT2D eigenvalue weighted by Crippen LogP contribution is 2.44. The van der Waals surface area contributed by atoms with Crippen LogP contribution in [0.5, 0.6) is 5.75 Å². The lowest BCUT2D eigenvalue weighted by molar-refractivity contribution is 0.0791. The van der Waals surface area contributed by atoms with Crippen LogP contribution in [0.25, 0.3) is 0 Å². The molecule has 3 atom stereocenters. The molecule has 3 aliphatic rings. The van der Waals surface area contributed by atoms with Gasteiger partial charge in [-0.1, -0.05) is 23.2 Å². The van der Waals surface area contributed by atoms with E-state index < -0.39 is 18.0 Å². The van der Waals surface area contributed by atoms with Crippen molar-refractivity contribution >= 4 is 34.9 Å². The molecule has 2 aromatic carbocycles. The van der Waals surface area contributed by atoms with Gasteiger partial charge in [-0.05, 0) is 42.7 Å². The van der Waals surface area contributed by atoms with Crippen LogP contribution < -0.4 is 9.64 Å². The summed E-state index contributed by atoms with van der Waals surface area (Å²) in [5.74, 6) is -0.431. The van der Waals surface area contributed by atoms with E-state index in [2.05, 4.69) is 4.90 Å². The molecule has 0 saturated carbocycles. The number of likely N-dealkylation sites (tertiary alicyclic amines) is 1. The van der Waals surface area contributed by atoms with E-state index in [1.807, 2.05) is 6.07 Å². The summed E-state index contributed by atoms with van der Waals surface area (Å²) in [4.78, 5) is 17.8. The van der Waals surface area contributed by atoms with E-state index in [1.165, 1.54) is 6.07 Å². The average molecular weight is 480 g/mol. The average Bonchev–Trinajstić information content (AvgIpc) is 3.42. The van der Waals surface area contributed by atoms with Crippen molar-refractivity contribution in [1.29, 1.82) is 0 Å². The van der Waals surface area contributed by atoms with E-state index in [4.69, 9.17) is 27.9 Å². The van der Waals surface area contributed by atoms with Crippen LogP contribution in [0.3, 0.4) is 0 Å². The van der Waals surface area contributed by atoms with Crippen molar-refractivity contribution in [2.75, 3.05) is 38.1 Å². The molecule has 1 N–H and O–H groups in total. The van der Waals surface area contributed by atoms with Crippen molar-refractivity contribution in [2.45, 2.75) is 31.1 Å². The number of ether oxygens (including phenoxy) is 1. The molecule has 0 spiro atoms. The largest absolute Gasteiger partial charge is 0.481 e.